The van der Waals surface area contributed by atoms with Crippen molar-refractivity contribution in [3.05, 3.63) is 54.2 Å². The first kappa shape index (κ1) is 11.3. The molecule has 0 aliphatic carbocycles. The fourth-order valence-corrected chi connectivity index (χ4v) is 2.25. The number of nitrogens with zero attached hydrogens (tertiary/aromatic N) is 1. The average molecular weight is 258 g/mol. The van der Waals surface area contributed by atoms with Crippen molar-refractivity contribution in [2.24, 2.45) is 0 Å². The van der Waals surface area contributed by atoms with Crippen LogP contribution >= 0.6 is 11.6 Å². The van der Waals surface area contributed by atoms with E-state index in [0.717, 1.165) is 23.1 Å². The number of benzene rings is 2. The molecule has 2 nitrogen and oxygen atoms in total. The van der Waals surface area contributed by atoms with E-state index in [0.29, 0.717) is 5.88 Å². The van der Waals surface area contributed by atoms with Gasteiger partial charge in [-0.1, -0.05) is 41.6 Å². The molecule has 1 aromatic heterocycles. The minimum Gasteiger partial charge on any atom is -0.356 e. The molecule has 0 N–H and O–H groups in total. The Hall–Kier alpha value is -1.80. The molecular formula is C15H12ClNO. The van der Waals surface area contributed by atoms with Crippen LogP contribution in [0.4, 0.5) is 0 Å². The van der Waals surface area contributed by atoms with E-state index in [1.54, 1.807) is 0 Å². The van der Waals surface area contributed by atoms with E-state index in [9.17, 15) is 0 Å². The van der Waals surface area contributed by atoms with Gasteiger partial charge in [-0.25, -0.2) is 0 Å². The quantitative estimate of drug-likeness (QED) is 0.655. The van der Waals surface area contributed by atoms with Crippen LogP contribution in [0.3, 0.4) is 0 Å². The molecule has 0 bridgehead atoms. The summed E-state index contributed by atoms with van der Waals surface area (Å²) in [4.78, 5) is 0. The molecule has 2 aromatic carbocycles. The highest BCUT2D eigenvalue weighted by molar-refractivity contribution is 6.18. The second-order valence-electron chi connectivity index (χ2n) is 4.15. The van der Waals surface area contributed by atoms with E-state index in [4.69, 9.17) is 16.1 Å². The van der Waals surface area contributed by atoms with Crippen LogP contribution in [0.1, 0.15) is 5.69 Å². The topological polar surface area (TPSA) is 26.0 Å². The monoisotopic (exact) mass is 257 g/mol. The van der Waals surface area contributed by atoms with E-state index in [-0.39, 0.29) is 0 Å². The minimum atomic E-state index is 0.553. The Kier molecular flexibility index (Phi) is 3.03. The highest BCUT2D eigenvalue weighted by Crippen LogP contribution is 2.26. The zero-order chi connectivity index (χ0) is 12.4. The van der Waals surface area contributed by atoms with Crippen molar-refractivity contribution in [3.8, 4) is 11.1 Å². The molecule has 0 fully saturated rings. The van der Waals surface area contributed by atoms with E-state index >= 15 is 0 Å². The SMILES string of the molecule is ClCCc1noc2ccc(-c3ccccc3)cc12. The summed E-state index contributed by atoms with van der Waals surface area (Å²) in [6.45, 7) is 0. The number of rotatable bonds is 3. The maximum atomic E-state index is 5.77. The lowest BCUT2D eigenvalue weighted by atomic mass is 10.0. The van der Waals surface area contributed by atoms with Gasteiger partial charge in [-0.15, -0.1) is 11.6 Å². The predicted molar refractivity (Wildman–Crippen MR) is 73.9 cm³/mol. The molecule has 1 heterocycles. The largest absolute Gasteiger partial charge is 0.356 e. The second-order valence-corrected chi connectivity index (χ2v) is 4.52. The average Bonchev–Trinajstić information content (AvgIpc) is 2.83. The van der Waals surface area contributed by atoms with Gasteiger partial charge in [0.2, 0.25) is 0 Å². The lowest BCUT2D eigenvalue weighted by Crippen LogP contribution is -1.86. The van der Waals surface area contributed by atoms with Crippen LogP contribution in [-0.2, 0) is 6.42 Å². The zero-order valence-corrected chi connectivity index (χ0v) is 10.5. The number of fused-ring (bicyclic) bond motifs is 1. The summed E-state index contributed by atoms with van der Waals surface area (Å²) < 4.78 is 5.28. The Morgan fingerprint density at radius 1 is 1.00 bits per heavy atom. The molecule has 3 rings (SSSR count). The van der Waals surface area contributed by atoms with Crippen molar-refractivity contribution in [2.75, 3.05) is 5.88 Å². The molecule has 0 spiro atoms. The minimum absolute atomic E-state index is 0.553. The van der Waals surface area contributed by atoms with E-state index < -0.39 is 0 Å². The van der Waals surface area contributed by atoms with Crippen LogP contribution in [0, 0.1) is 0 Å². The van der Waals surface area contributed by atoms with E-state index in [1.807, 2.05) is 30.3 Å². The Balaban J connectivity index is 2.12. The molecule has 0 aliphatic heterocycles. The van der Waals surface area contributed by atoms with Crippen molar-refractivity contribution < 1.29 is 4.52 Å². The summed E-state index contributed by atoms with van der Waals surface area (Å²) in [5, 5.41) is 5.11. The van der Waals surface area contributed by atoms with Crippen LogP contribution in [0.15, 0.2) is 53.1 Å². The first-order valence-corrected chi connectivity index (χ1v) is 6.41. The predicted octanol–water partition coefficient (Wildman–Crippen LogP) is 4.28. The molecule has 90 valence electrons. The van der Waals surface area contributed by atoms with Gasteiger partial charge in [0.15, 0.2) is 5.58 Å². The maximum absolute atomic E-state index is 5.77. The van der Waals surface area contributed by atoms with Gasteiger partial charge in [-0.2, -0.15) is 0 Å². The number of halogens is 1. The van der Waals surface area contributed by atoms with Crippen LogP contribution in [0.2, 0.25) is 0 Å². The number of alkyl halides is 1. The first-order chi connectivity index (χ1) is 8.88. The molecule has 0 aliphatic rings. The van der Waals surface area contributed by atoms with Gasteiger partial charge >= 0.3 is 0 Å². The molecule has 18 heavy (non-hydrogen) atoms. The van der Waals surface area contributed by atoms with Crippen molar-refractivity contribution in [1.29, 1.82) is 0 Å². The van der Waals surface area contributed by atoms with Crippen LogP contribution < -0.4 is 0 Å². The van der Waals surface area contributed by atoms with Gasteiger partial charge in [0, 0.05) is 17.7 Å². The molecular weight excluding hydrogens is 246 g/mol. The molecule has 3 aromatic rings. The standard InChI is InChI=1S/C15H12ClNO/c16-9-8-14-13-10-12(6-7-15(13)18-17-14)11-4-2-1-3-5-11/h1-7,10H,8-9H2. The molecule has 0 radical (unpaired) electrons. The molecule has 3 heteroatoms. The molecule has 0 saturated carbocycles. The lowest BCUT2D eigenvalue weighted by Gasteiger charge is -2.01. The smallest absolute Gasteiger partial charge is 0.167 e. The fraction of sp³-hybridized carbons (Fsp3) is 0.133. The Labute approximate surface area is 110 Å². The third kappa shape index (κ3) is 2.00. The number of aromatic nitrogens is 1. The normalized spacial score (nSPS) is 10.9. The van der Waals surface area contributed by atoms with E-state index in [2.05, 4.69) is 23.4 Å². The summed E-state index contributed by atoms with van der Waals surface area (Å²) in [6, 6.07) is 16.4. The third-order valence-electron chi connectivity index (χ3n) is 2.98. The Bertz CT molecular complexity index is 661. The molecule has 0 saturated heterocycles. The van der Waals surface area contributed by atoms with Crippen LogP contribution in [0.5, 0.6) is 0 Å². The first-order valence-electron chi connectivity index (χ1n) is 5.88. The van der Waals surface area contributed by atoms with Crippen molar-refractivity contribution in [3.63, 3.8) is 0 Å². The highest BCUT2D eigenvalue weighted by atomic mass is 35.5. The van der Waals surface area contributed by atoms with Gasteiger partial charge in [-0.05, 0) is 23.3 Å². The molecule has 0 amide bonds. The second kappa shape index (κ2) is 4.83. The van der Waals surface area contributed by atoms with Gasteiger partial charge < -0.3 is 4.52 Å². The lowest BCUT2D eigenvalue weighted by molar-refractivity contribution is 0.447. The fourth-order valence-electron chi connectivity index (χ4n) is 2.07. The van der Waals surface area contributed by atoms with Gasteiger partial charge in [0.25, 0.3) is 0 Å². The van der Waals surface area contributed by atoms with Gasteiger partial charge in [0.05, 0.1) is 5.69 Å². The van der Waals surface area contributed by atoms with Crippen molar-refractivity contribution in [2.45, 2.75) is 6.42 Å². The Morgan fingerprint density at radius 3 is 2.61 bits per heavy atom. The maximum Gasteiger partial charge on any atom is 0.167 e. The summed E-state index contributed by atoms with van der Waals surface area (Å²) in [6.07, 6.45) is 0.729. The molecule has 0 unspecified atom stereocenters. The summed E-state index contributed by atoms with van der Waals surface area (Å²) in [5.74, 6) is 0.553. The summed E-state index contributed by atoms with van der Waals surface area (Å²) in [7, 11) is 0. The number of hydrogen-bond acceptors (Lipinski definition) is 2. The van der Waals surface area contributed by atoms with Gasteiger partial charge in [0.1, 0.15) is 0 Å². The van der Waals surface area contributed by atoms with Crippen LogP contribution in [-0.4, -0.2) is 11.0 Å². The zero-order valence-electron chi connectivity index (χ0n) is 9.77. The number of hydrogen-bond donors (Lipinski definition) is 0. The van der Waals surface area contributed by atoms with Crippen molar-refractivity contribution in [1.82, 2.24) is 5.16 Å². The summed E-state index contributed by atoms with van der Waals surface area (Å²) in [5.41, 5.74) is 4.10. The van der Waals surface area contributed by atoms with Gasteiger partial charge in [-0.3, -0.25) is 0 Å². The number of aryl methyl sites for hydroxylation is 1. The Morgan fingerprint density at radius 2 is 1.83 bits per heavy atom. The highest BCUT2D eigenvalue weighted by Gasteiger charge is 2.08. The summed E-state index contributed by atoms with van der Waals surface area (Å²) >= 11 is 5.77. The molecule has 0 atom stereocenters. The third-order valence-corrected chi connectivity index (χ3v) is 3.17. The van der Waals surface area contributed by atoms with Crippen LogP contribution in [0.25, 0.3) is 22.1 Å². The van der Waals surface area contributed by atoms with Crippen molar-refractivity contribution >= 4 is 22.6 Å². The van der Waals surface area contributed by atoms with E-state index in [1.165, 1.54) is 11.1 Å².